The molecule has 0 saturated carbocycles. The summed E-state index contributed by atoms with van der Waals surface area (Å²) in [5, 5.41) is 30.4. The Balaban J connectivity index is 4.80. The maximum absolute atomic E-state index is 12.7. The van der Waals surface area contributed by atoms with E-state index in [0.717, 1.165) is 38.5 Å². The Labute approximate surface area is 355 Å². The smallest absolute Gasteiger partial charge is 0.306 e. The van der Waals surface area contributed by atoms with Gasteiger partial charge in [-0.05, 0) is 70.6 Å². The predicted molar refractivity (Wildman–Crippen MR) is 235 cm³/mol. The zero-order valence-electron chi connectivity index (χ0n) is 36.5. The summed E-state index contributed by atoms with van der Waals surface area (Å²) >= 11 is 0. The van der Waals surface area contributed by atoms with Crippen molar-refractivity contribution in [3.8, 4) is 0 Å². The molecule has 0 fully saturated rings. The van der Waals surface area contributed by atoms with Crippen LogP contribution in [-0.4, -0.2) is 104 Å². The van der Waals surface area contributed by atoms with Gasteiger partial charge in [-0.25, -0.2) is 0 Å². The van der Waals surface area contributed by atoms with Crippen LogP contribution in [0.2, 0.25) is 0 Å². The number of hydrogen-bond acceptors (Lipinski definition) is 11. The van der Waals surface area contributed by atoms with Crippen molar-refractivity contribution >= 4 is 19.8 Å². The Kier molecular flexibility index (Phi) is 34.7. The molecule has 0 bridgehead atoms. The molecule has 13 heteroatoms. The zero-order valence-corrected chi connectivity index (χ0v) is 37.4. The number of phosphoric ester groups is 1. The van der Waals surface area contributed by atoms with Crippen molar-refractivity contribution in [2.24, 2.45) is 0 Å². The van der Waals surface area contributed by atoms with Crippen LogP contribution < -0.4 is 4.89 Å². The molecule has 1 unspecified atom stereocenters. The second-order valence-electron chi connectivity index (χ2n) is 15.2. The molecule has 0 aliphatic rings. The van der Waals surface area contributed by atoms with Crippen LogP contribution in [0.3, 0.4) is 0 Å². The van der Waals surface area contributed by atoms with Gasteiger partial charge in [-0.2, -0.15) is 0 Å². The van der Waals surface area contributed by atoms with Gasteiger partial charge in [0.25, 0.3) is 7.82 Å². The Morgan fingerprint density at radius 1 is 0.695 bits per heavy atom. The van der Waals surface area contributed by atoms with Crippen molar-refractivity contribution in [3.05, 3.63) is 97.2 Å². The SMILES string of the molecule is CC/C=C\C[C@@H](O)/C=C/C=C/C=C\C=C/[C@H](O)[C@@H](O)CCCC(=O)OC[C@H](COP(=O)([O-])OCC[N+](C)(C)C)OC(=O)CCCC/C=C\C/C=C\C/C=C\CCCCC. The largest absolute Gasteiger partial charge is 0.756 e. The van der Waals surface area contributed by atoms with Crippen LogP contribution in [0.1, 0.15) is 110 Å². The van der Waals surface area contributed by atoms with Gasteiger partial charge in [0, 0.05) is 12.8 Å². The van der Waals surface area contributed by atoms with E-state index in [1.165, 1.54) is 25.3 Å². The lowest BCUT2D eigenvalue weighted by Crippen LogP contribution is -2.37. The quantitative estimate of drug-likeness (QED) is 0.0139. The molecule has 0 aliphatic carbocycles. The number of aliphatic hydroxyl groups excluding tert-OH is 3. The first kappa shape index (κ1) is 55.8. The van der Waals surface area contributed by atoms with Crippen molar-refractivity contribution in [2.45, 2.75) is 135 Å². The molecule has 0 aromatic carbocycles. The van der Waals surface area contributed by atoms with Crippen LogP contribution >= 0.6 is 7.82 Å². The van der Waals surface area contributed by atoms with Gasteiger partial charge in [0.15, 0.2) is 6.10 Å². The lowest BCUT2D eigenvalue weighted by atomic mass is 10.1. The van der Waals surface area contributed by atoms with Crippen molar-refractivity contribution < 1.29 is 57.4 Å². The topological polar surface area (TPSA) is 172 Å². The first-order valence-corrected chi connectivity index (χ1v) is 22.7. The minimum Gasteiger partial charge on any atom is -0.756 e. The number of quaternary nitrogens is 1. The van der Waals surface area contributed by atoms with Crippen LogP contribution in [-0.2, 0) is 32.7 Å². The molecule has 0 aromatic heterocycles. The minimum absolute atomic E-state index is 0.0927. The van der Waals surface area contributed by atoms with E-state index in [-0.39, 0.29) is 32.3 Å². The maximum Gasteiger partial charge on any atom is 0.306 e. The number of esters is 2. The molecule has 0 aliphatic heterocycles. The summed E-state index contributed by atoms with van der Waals surface area (Å²) in [7, 11) is 0.930. The Morgan fingerprint density at radius 2 is 1.29 bits per heavy atom. The molecule has 5 atom stereocenters. The number of aliphatic hydroxyl groups is 3. The van der Waals surface area contributed by atoms with Gasteiger partial charge in [0.05, 0.1) is 46.1 Å². The molecule has 336 valence electrons. The number of nitrogens with zero attached hydrogens (tertiary/aromatic N) is 1. The average Bonchev–Trinajstić information content (AvgIpc) is 3.17. The van der Waals surface area contributed by atoms with E-state index in [4.69, 9.17) is 18.5 Å². The first-order valence-electron chi connectivity index (χ1n) is 21.3. The molecule has 0 rings (SSSR count). The van der Waals surface area contributed by atoms with E-state index in [0.29, 0.717) is 23.9 Å². The summed E-state index contributed by atoms with van der Waals surface area (Å²) in [6, 6.07) is 0. The van der Waals surface area contributed by atoms with E-state index in [9.17, 15) is 34.4 Å². The molecule has 0 saturated heterocycles. The number of hydrogen-bond donors (Lipinski definition) is 3. The van der Waals surface area contributed by atoms with E-state index in [2.05, 4.69) is 43.4 Å². The highest BCUT2D eigenvalue weighted by atomic mass is 31.2. The Morgan fingerprint density at radius 3 is 1.92 bits per heavy atom. The number of carbonyl (C=O) groups excluding carboxylic acids is 2. The van der Waals surface area contributed by atoms with Gasteiger partial charge < -0.3 is 43.2 Å². The van der Waals surface area contributed by atoms with Crippen molar-refractivity contribution in [3.63, 3.8) is 0 Å². The number of rotatable bonds is 36. The number of unbranched alkanes of at least 4 members (excludes halogenated alkanes) is 5. The fourth-order valence-electron chi connectivity index (χ4n) is 4.94. The second kappa shape index (κ2) is 36.6. The molecule has 3 N–H and O–H groups in total. The third-order valence-corrected chi connectivity index (χ3v) is 9.39. The van der Waals surface area contributed by atoms with Crippen molar-refractivity contribution in [2.75, 3.05) is 47.5 Å². The minimum atomic E-state index is -4.72. The van der Waals surface area contributed by atoms with Crippen LogP contribution in [0, 0.1) is 0 Å². The van der Waals surface area contributed by atoms with Crippen LogP contribution in [0.5, 0.6) is 0 Å². The fourth-order valence-corrected chi connectivity index (χ4v) is 5.67. The monoisotopic (exact) mass is 850 g/mol. The third kappa shape index (κ3) is 38.7. The molecule has 0 heterocycles. The summed E-state index contributed by atoms with van der Waals surface area (Å²) in [6.45, 7) is 3.52. The van der Waals surface area contributed by atoms with Gasteiger partial charge in [-0.15, -0.1) is 0 Å². The summed E-state index contributed by atoms with van der Waals surface area (Å²) in [5.41, 5.74) is 0. The number of ether oxygens (including phenoxy) is 2. The Bertz CT molecular complexity index is 1380. The summed E-state index contributed by atoms with van der Waals surface area (Å²) < 4.78 is 33.5. The van der Waals surface area contributed by atoms with E-state index >= 15 is 0 Å². The van der Waals surface area contributed by atoms with Crippen molar-refractivity contribution in [1.82, 2.24) is 0 Å². The highest BCUT2D eigenvalue weighted by molar-refractivity contribution is 7.45. The highest BCUT2D eigenvalue weighted by Gasteiger charge is 2.22. The Hall–Kier alpha value is -3.19. The maximum atomic E-state index is 12.7. The lowest BCUT2D eigenvalue weighted by Gasteiger charge is -2.28. The lowest BCUT2D eigenvalue weighted by molar-refractivity contribution is -0.870. The molecule has 0 spiro atoms. The highest BCUT2D eigenvalue weighted by Crippen LogP contribution is 2.38. The van der Waals surface area contributed by atoms with Crippen LogP contribution in [0.4, 0.5) is 0 Å². The predicted octanol–water partition coefficient (Wildman–Crippen LogP) is 8.07. The second-order valence-corrected chi connectivity index (χ2v) is 16.6. The molecule has 0 radical (unpaired) electrons. The summed E-state index contributed by atoms with van der Waals surface area (Å²) in [6.07, 6.45) is 36.8. The summed E-state index contributed by atoms with van der Waals surface area (Å²) in [4.78, 5) is 37.5. The molecular formula is C46H76NO11P. The van der Waals surface area contributed by atoms with Gasteiger partial charge >= 0.3 is 11.9 Å². The van der Waals surface area contributed by atoms with E-state index in [1.807, 2.05) is 40.2 Å². The average molecular weight is 850 g/mol. The third-order valence-electron chi connectivity index (χ3n) is 8.43. The van der Waals surface area contributed by atoms with Crippen LogP contribution in [0.25, 0.3) is 0 Å². The normalized spacial score (nSPS) is 16.2. The van der Waals surface area contributed by atoms with E-state index < -0.39 is 57.4 Å². The molecule has 0 amide bonds. The van der Waals surface area contributed by atoms with E-state index in [1.54, 1.807) is 42.5 Å². The summed E-state index contributed by atoms with van der Waals surface area (Å²) in [5.74, 6) is -1.23. The number of phosphoric acid groups is 1. The number of carbonyl (C=O) groups is 2. The van der Waals surface area contributed by atoms with Gasteiger partial charge in [-0.3, -0.25) is 14.2 Å². The zero-order chi connectivity index (χ0) is 44.0. The molecule has 0 aromatic rings. The fraction of sp³-hybridized carbons (Fsp3) is 0.609. The van der Waals surface area contributed by atoms with Crippen LogP contribution in [0.15, 0.2) is 97.2 Å². The molecular weight excluding hydrogens is 773 g/mol. The molecule has 59 heavy (non-hydrogen) atoms. The number of likely N-dealkylation sites (N-methyl/N-ethyl adjacent to an activating group) is 1. The number of allylic oxidation sites excluding steroid dienone is 13. The van der Waals surface area contributed by atoms with Gasteiger partial charge in [0.1, 0.15) is 19.8 Å². The molecule has 12 nitrogen and oxygen atoms in total. The standard InChI is InChI=1S/C46H76NO11P/c1-6-8-10-11-12-13-14-15-16-17-18-19-20-25-29-35-46(52)58-42(40-57-59(53,54)56-38-37-47(3,4)5)39-55-45(51)36-30-34-44(50)43(49)33-28-24-22-21-23-27-32-41(48)31-26-9-7-2/h9,12-13,15-16,18-19,21-24,26-28,32-33,41-44,48-50H,6-8,10-11,14,17,20,25,29-31,34-40H2,1-5H3/b13-12-,16-15-,19-18-,23-21+,24-22-,26-9-,32-27+,33-28-/t41-,42-,43+,44+/m1/s1. The first-order chi connectivity index (χ1) is 28.2. The van der Waals surface area contributed by atoms with Gasteiger partial charge in [0.2, 0.25) is 0 Å². The van der Waals surface area contributed by atoms with Gasteiger partial charge in [-0.1, -0.05) is 124 Å². The van der Waals surface area contributed by atoms with Crippen molar-refractivity contribution in [1.29, 1.82) is 0 Å².